The van der Waals surface area contributed by atoms with Crippen molar-refractivity contribution in [2.24, 2.45) is 0 Å². The summed E-state index contributed by atoms with van der Waals surface area (Å²) < 4.78 is 0. The van der Waals surface area contributed by atoms with Crippen molar-refractivity contribution in [2.75, 3.05) is 6.61 Å². The zero-order valence-corrected chi connectivity index (χ0v) is 52.8. The summed E-state index contributed by atoms with van der Waals surface area (Å²) in [5.41, 5.74) is 0. The standard InChI is InChI=1S/C76H131NO3/c1-3-5-7-9-11-13-15-17-19-21-23-25-27-29-31-33-35-36-37-38-39-40-42-44-46-48-50-52-54-56-58-60-62-64-66-68-70-72-76(80)77-74(73-78)75(79)71-69-67-65-63-61-59-57-55-53-51-49-47-45-43-41-34-32-30-28-26-24-22-20-18-16-14-12-10-8-6-4-2/h5,7,11,13,17,19,23,25,29,31,35-36,38-39,42,44,48,50,61,63,69,71,74-75,78-79H,3-4,6,8-10,12,14-16,18,20-22,24,26-28,30,32-34,37,40-41,43,45-47,49,51-60,62,64-68,70,72-73H2,1-2H3,(H,77,80)/b7-5-,13-11-,19-17-,25-23-,31-29-,36-35-,39-38-,44-42-,50-48-,63-61+,71-69+. The van der Waals surface area contributed by atoms with Crippen LogP contribution < -0.4 is 5.32 Å². The Morgan fingerprint density at radius 2 is 0.562 bits per heavy atom. The van der Waals surface area contributed by atoms with Gasteiger partial charge < -0.3 is 15.5 Å². The van der Waals surface area contributed by atoms with E-state index in [9.17, 15) is 15.0 Å². The zero-order chi connectivity index (χ0) is 57.6. The maximum Gasteiger partial charge on any atom is 0.220 e. The molecule has 0 heterocycles. The Morgan fingerprint density at radius 3 is 0.875 bits per heavy atom. The van der Waals surface area contributed by atoms with E-state index >= 15 is 0 Å². The Hall–Kier alpha value is -3.47. The summed E-state index contributed by atoms with van der Waals surface area (Å²) in [5.74, 6) is -0.0824. The van der Waals surface area contributed by atoms with Gasteiger partial charge in [-0.15, -0.1) is 0 Å². The van der Waals surface area contributed by atoms with E-state index in [0.717, 1.165) is 96.3 Å². The van der Waals surface area contributed by atoms with Crippen LogP contribution in [0.25, 0.3) is 0 Å². The second-order valence-electron chi connectivity index (χ2n) is 22.9. The van der Waals surface area contributed by atoms with Crippen molar-refractivity contribution >= 4 is 5.91 Å². The summed E-state index contributed by atoms with van der Waals surface area (Å²) in [5, 5.41) is 23.3. The monoisotopic (exact) mass is 1110 g/mol. The van der Waals surface area contributed by atoms with E-state index in [4.69, 9.17) is 0 Å². The topological polar surface area (TPSA) is 69.6 Å². The van der Waals surface area contributed by atoms with Gasteiger partial charge in [0.2, 0.25) is 5.91 Å². The zero-order valence-electron chi connectivity index (χ0n) is 52.8. The highest BCUT2D eigenvalue weighted by Gasteiger charge is 2.18. The summed E-state index contributed by atoms with van der Waals surface area (Å²) >= 11 is 0. The fourth-order valence-corrected chi connectivity index (χ4v) is 9.96. The van der Waals surface area contributed by atoms with E-state index in [2.05, 4.69) is 141 Å². The largest absolute Gasteiger partial charge is 0.394 e. The van der Waals surface area contributed by atoms with Gasteiger partial charge in [0.05, 0.1) is 18.8 Å². The fourth-order valence-electron chi connectivity index (χ4n) is 9.96. The number of aliphatic hydroxyl groups excluding tert-OH is 2. The molecule has 0 aromatic rings. The summed E-state index contributed by atoms with van der Waals surface area (Å²) in [7, 11) is 0. The highest BCUT2D eigenvalue weighted by atomic mass is 16.3. The summed E-state index contributed by atoms with van der Waals surface area (Å²) in [6.45, 7) is 4.20. The number of amides is 1. The van der Waals surface area contributed by atoms with Gasteiger partial charge >= 0.3 is 0 Å². The average molecular weight is 1110 g/mol. The summed E-state index contributed by atoms with van der Waals surface area (Å²) in [4.78, 5) is 12.5. The van der Waals surface area contributed by atoms with Crippen LogP contribution >= 0.6 is 0 Å². The smallest absolute Gasteiger partial charge is 0.220 e. The Kier molecular flexibility index (Phi) is 66.8. The molecule has 2 atom stereocenters. The molecule has 1 amide bonds. The average Bonchev–Trinajstić information content (AvgIpc) is 3.46. The molecule has 4 heteroatoms. The third-order valence-electron chi connectivity index (χ3n) is 15.1. The molecule has 3 N–H and O–H groups in total. The molecule has 0 spiro atoms. The normalized spacial score (nSPS) is 13.6. The lowest BCUT2D eigenvalue weighted by Gasteiger charge is -2.19. The van der Waals surface area contributed by atoms with Crippen LogP contribution in [0.3, 0.4) is 0 Å². The van der Waals surface area contributed by atoms with Crippen molar-refractivity contribution in [2.45, 2.75) is 334 Å². The molecule has 4 nitrogen and oxygen atoms in total. The van der Waals surface area contributed by atoms with Gasteiger partial charge in [-0.1, -0.05) is 347 Å². The molecule has 2 unspecified atom stereocenters. The first-order chi connectivity index (χ1) is 39.7. The molecule has 0 rings (SSSR count). The van der Waals surface area contributed by atoms with Crippen molar-refractivity contribution in [3.05, 3.63) is 134 Å². The molecular weight excluding hydrogens is 975 g/mol. The second-order valence-corrected chi connectivity index (χ2v) is 22.9. The lowest BCUT2D eigenvalue weighted by atomic mass is 10.0. The maximum absolute atomic E-state index is 12.5. The van der Waals surface area contributed by atoms with Crippen LogP contribution in [-0.4, -0.2) is 34.9 Å². The molecular formula is C76H131NO3. The molecule has 458 valence electrons. The van der Waals surface area contributed by atoms with E-state index in [0.29, 0.717) is 6.42 Å². The highest BCUT2D eigenvalue weighted by molar-refractivity contribution is 5.76. The first-order valence-electron chi connectivity index (χ1n) is 34.4. The number of rotatable bonds is 62. The number of carbonyl (C=O) groups excluding carboxylic acids is 1. The molecule has 0 saturated heterocycles. The van der Waals surface area contributed by atoms with Gasteiger partial charge in [0.15, 0.2) is 0 Å². The van der Waals surface area contributed by atoms with Crippen molar-refractivity contribution in [3.63, 3.8) is 0 Å². The number of unbranched alkanes of at least 4 members (excludes halogenated alkanes) is 35. The fraction of sp³-hybridized carbons (Fsp3) is 0.697. The minimum absolute atomic E-state index is 0.0824. The minimum atomic E-state index is -0.876. The van der Waals surface area contributed by atoms with Crippen LogP contribution in [0, 0.1) is 0 Å². The number of allylic oxidation sites excluding steroid dienone is 21. The van der Waals surface area contributed by atoms with Crippen LogP contribution in [0.4, 0.5) is 0 Å². The summed E-state index contributed by atoms with van der Waals surface area (Å²) in [6.07, 6.45) is 108. The number of aliphatic hydroxyl groups is 2. The Balaban J connectivity index is 3.58. The number of hydrogen-bond donors (Lipinski definition) is 3. The number of nitrogens with one attached hydrogen (secondary N) is 1. The van der Waals surface area contributed by atoms with Gasteiger partial charge in [-0.05, 0) is 103 Å². The van der Waals surface area contributed by atoms with E-state index in [1.807, 2.05) is 6.08 Å². The van der Waals surface area contributed by atoms with Crippen molar-refractivity contribution in [1.29, 1.82) is 0 Å². The second kappa shape index (κ2) is 69.8. The molecule has 0 aromatic heterocycles. The van der Waals surface area contributed by atoms with E-state index in [-0.39, 0.29) is 12.5 Å². The first-order valence-corrected chi connectivity index (χ1v) is 34.4. The SMILES string of the molecule is CC/C=C\C/C=C\C/C=C\C/C=C\C/C=C\C/C=C\C/C=C\C/C=C\C/C=C\CCCCCCCCCCCC(=O)NC(CO)C(O)/C=C/CC/C=C/CCCCCCCCCCCCCCCCCCCCCCCCCCC. The molecule has 0 aliphatic heterocycles. The van der Waals surface area contributed by atoms with Gasteiger partial charge in [0, 0.05) is 6.42 Å². The molecule has 0 saturated carbocycles. The minimum Gasteiger partial charge on any atom is -0.394 e. The first kappa shape index (κ1) is 76.5. The molecule has 0 aliphatic rings. The molecule has 0 bridgehead atoms. The van der Waals surface area contributed by atoms with Crippen LogP contribution in [0.5, 0.6) is 0 Å². The van der Waals surface area contributed by atoms with E-state index in [1.54, 1.807) is 6.08 Å². The van der Waals surface area contributed by atoms with Crippen LogP contribution in [0.15, 0.2) is 134 Å². The molecule has 0 fully saturated rings. The lowest BCUT2D eigenvalue weighted by molar-refractivity contribution is -0.123. The highest BCUT2D eigenvalue weighted by Crippen LogP contribution is 2.17. The van der Waals surface area contributed by atoms with E-state index in [1.165, 1.54) is 205 Å². The molecule has 80 heavy (non-hydrogen) atoms. The van der Waals surface area contributed by atoms with Gasteiger partial charge in [0.25, 0.3) is 0 Å². The van der Waals surface area contributed by atoms with Crippen LogP contribution in [-0.2, 0) is 4.79 Å². The van der Waals surface area contributed by atoms with Gasteiger partial charge in [-0.3, -0.25) is 4.79 Å². The van der Waals surface area contributed by atoms with Crippen molar-refractivity contribution in [3.8, 4) is 0 Å². The molecule has 0 radical (unpaired) electrons. The van der Waals surface area contributed by atoms with E-state index < -0.39 is 12.1 Å². The molecule has 0 aromatic carbocycles. The third kappa shape index (κ3) is 65.3. The Labute approximate surface area is 498 Å². The predicted octanol–water partition coefficient (Wildman–Crippen LogP) is 23.7. The Morgan fingerprint density at radius 1 is 0.312 bits per heavy atom. The van der Waals surface area contributed by atoms with Crippen LogP contribution in [0.2, 0.25) is 0 Å². The number of carbonyl (C=O) groups is 1. The molecule has 0 aliphatic carbocycles. The maximum atomic E-state index is 12.5. The number of hydrogen-bond acceptors (Lipinski definition) is 3. The van der Waals surface area contributed by atoms with Crippen molar-refractivity contribution in [1.82, 2.24) is 5.32 Å². The van der Waals surface area contributed by atoms with Gasteiger partial charge in [-0.2, -0.15) is 0 Å². The van der Waals surface area contributed by atoms with Gasteiger partial charge in [0.1, 0.15) is 0 Å². The predicted molar refractivity (Wildman–Crippen MR) is 359 cm³/mol. The summed E-state index contributed by atoms with van der Waals surface area (Å²) in [6, 6.07) is -0.654. The van der Waals surface area contributed by atoms with Crippen molar-refractivity contribution < 1.29 is 15.0 Å². The van der Waals surface area contributed by atoms with Gasteiger partial charge in [-0.25, -0.2) is 0 Å². The van der Waals surface area contributed by atoms with Crippen LogP contribution in [0.1, 0.15) is 322 Å². The Bertz CT molecular complexity index is 1590. The lowest BCUT2D eigenvalue weighted by Crippen LogP contribution is -2.45. The quantitative estimate of drug-likeness (QED) is 0.0420. The third-order valence-corrected chi connectivity index (χ3v) is 15.1.